The molecule has 0 saturated heterocycles. The van der Waals surface area contributed by atoms with Gasteiger partial charge in [0.05, 0.1) is 0 Å². The molecule has 2 saturated carbocycles. The number of nitrogens with zero attached hydrogens (tertiary/aromatic N) is 1. The lowest BCUT2D eigenvalue weighted by molar-refractivity contribution is -0.497. The van der Waals surface area contributed by atoms with Crippen molar-refractivity contribution in [2.24, 2.45) is 5.92 Å². The summed E-state index contributed by atoms with van der Waals surface area (Å²) in [5.74, 6) is -0.575. The summed E-state index contributed by atoms with van der Waals surface area (Å²) in [7, 11) is 0. The number of carbonyl (C=O) groups excluding carboxylic acids is 1. The van der Waals surface area contributed by atoms with E-state index in [4.69, 9.17) is 0 Å². The van der Waals surface area contributed by atoms with Crippen LogP contribution in [0.1, 0.15) is 19.3 Å². The Kier molecular flexibility index (Phi) is 3.41. The largest absolute Gasteiger partial charge is 0.354 e. The van der Waals surface area contributed by atoms with Crippen LogP contribution in [0.15, 0.2) is 35.2 Å². The highest BCUT2D eigenvalue weighted by atomic mass is 32.2. The van der Waals surface area contributed by atoms with E-state index in [1.54, 1.807) is 11.8 Å². The van der Waals surface area contributed by atoms with Crippen LogP contribution in [-0.2, 0) is 4.79 Å². The second-order valence-corrected chi connectivity index (χ2v) is 7.05. The number of hydrogen-bond donors (Lipinski definition) is 1. The van der Waals surface area contributed by atoms with E-state index in [9.17, 15) is 14.9 Å². The zero-order chi connectivity index (χ0) is 14.2. The zero-order valence-electron chi connectivity index (χ0n) is 11.0. The monoisotopic (exact) mass is 292 g/mol. The van der Waals surface area contributed by atoms with Gasteiger partial charge in [-0.1, -0.05) is 18.2 Å². The summed E-state index contributed by atoms with van der Waals surface area (Å²) < 4.78 is 0.0933. The van der Waals surface area contributed by atoms with E-state index in [0.29, 0.717) is 13.0 Å². The Bertz CT molecular complexity index is 530. The minimum atomic E-state index is -0.660. The van der Waals surface area contributed by atoms with Crippen LogP contribution >= 0.6 is 11.8 Å². The molecule has 106 valence electrons. The fourth-order valence-corrected chi connectivity index (χ4v) is 3.51. The van der Waals surface area contributed by atoms with Crippen LogP contribution in [0.25, 0.3) is 0 Å². The molecule has 6 heteroatoms. The Hall–Kier alpha value is -1.56. The SMILES string of the molecule is O=C(NCC1(Sc2ccccc2)CC1)C1CC1[N+](=O)[O-]. The molecule has 20 heavy (non-hydrogen) atoms. The highest BCUT2D eigenvalue weighted by Crippen LogP contribution is 2.51. The second-order valence-electron chi connectivity index (χ2n) is 5.51. The van der Waals surface area contributed by atoms with E-state index in [2.05, 4.69) is 17.4 Å². The van der Waals surface area contributed by atoms with Crippen LogP contribution in [0.3, 0.4) is 0 Å². The maximum Gasteiger partial charge on any atom is 0.230 e. The molecule has 0 spiro atoms. The third kappa shape index (κ3) is 2.95. The molecule has 2 atom stereocenters. The highest BCUT2D eigenvalue weighted by Gasteiger charge is 2.54. The lowest BCUT2D eigenvalue weighted by Gasteiger charge is -2.15. The van der Waals surface area contributed by atoms with E-state index < -0.39 is 12.0 Å². The van der Waals surface area contributed by atoms with Gasteiger partial charge in [-0.25, -0.2) is 0 Å². The summed E-state index contributed by atoms with van der Waals surface area (Å²) in [6.07, 6.45) is 2.55. The molecule has 1 aromatic carbocycles. The van der Waals surface area contributed by atoms with Gasteiger partial charge in [0.2, 0.25) is 11.9 Å². The summed E-state index contributed by atoms with van der Waals surface area (Å²) in [5.41, 5.74) is 0. The summed E-state index contributed by atoms with van der Waals surface area (Å²) in [6.45, 7) is 0.604. The van der Waals surface area contributed by atoms with Gasteiger partial charge in [0.15, 0.2) is 0 Å². The fraction of sp³-hybridized carbons (Fsp3) is 0.500. The smallest absolute Gasteiger partial charge is 0.230 e. The van der Waals surface area contributed by atoms with Crippen molar-refractivity contribution in [1.82, 2.24) is 5.32 Å². The predicted molar refractivity (Wildman–Crippen MR) is 76.2 cm³/mol. The van der Waals surface area contributed by atoms with Gasteiger partial charge in [-0.2, -0.15) is 0 Å². The van der Waals surface area contributed by atoms with E-state index >= 15 is 0 Å². The number of rotatable bonds is 6. The van der Waals surface area contributed by atoms with Crippen LogP contribution in [0.2, 0.25) is 0 Å². The third-order valence-electron chi connectivity index (χ3n) is 3.83. The number of amides is 1. The van der Waals surface area contributed by atoms with Crippen LogP contribution < -0.4 is 5.32 Å². The maximum atomic E-state index is 11.8. The fourth-order valence-electron chi connectivity index (χ4n) is 2.27. The zero-order valence-corrected chi connectivity index (χ0v) is 11.8. The van der Waals surface area contributed by atoms with Crippen molar-refractivity contribution < 1.29 is 9.72 Å². The van der Waals surface area contributed by atoms with Gasteiger partial charge in [-0.3, -0.25) is 14.9 Å². The van der Waals surface area contributed by atoms with Gasteiger partial charge in [0.25, 0.3) is 0 Å². The van der Waals surface area contributed by atoms with E-state index in [1.165, 1.54) is 4.90 Å². The summed E-state index contributed by atoms with van der Waals surface area (Å²) in [4.78, 5) is 23.2. The Morgan fingerprint density at radius 2 is 2.10 bits per heavy atom. The highest BCUT2D eigenvalue weighted by molar-refractivity contribution is 8.01. The van der Waals surface area contributed by atoms with Crippen molar-refractivity contribution in [1.29, 1.82) is 0 Å². The number of nitrogens with one attached hydrogen (secondary N) is 1. The van der Waals surface area contributed by atoms with Crippen LogP contribution in [0, 0.1) is 16.0 Å². The quantitative estimate of drug-likeness (QED) is 0.643. The first kappa shape index (κ1) is 13.4. The van der Waals surface area contributed by atoms with Crippen LogP contribution in [0.4, 0.5) is 0 Å². The van der Waals surface area contributed by atoms with Gasteiger partial charge < -0.3 is 5.32 Å². The topological polar surface area (TPSA) is 72.2 Å². The molecule has 5 nitrogen and oxygen atoms in total. The van der Waals surface area contributed by atoms with Crippen molar-refractivity contribution in [2.45, 2.75) is 34.9 Å². The first-order chi connectivity index (χ1) is 9.60. The van der Waals surface area contributed by atoms with Crippen molar-refractivity contribution >= 4 is 17.7 Å². The minimum Gasteiger partial charge on any atom is -0.354 e. The summed E-state index contributed by atoms with van der Waals surface area (Å²) >= 11 is 1.79. The average Bonchev–Trinajstić information content (AvgIpc) is 3.32. The first-order valence-electron chi connectivity index (χ1n) is 6.75. The van der Waals surface area contributed by atoms with Crippen LogP contribution in [0.5, 0.6) is 0 Å². The Balaban J connectivity index is 1.49. The van der Waals surface area contributed by atoms with Gasteiger partial charge in [0.1, 0.15) is 5.92 Å². The second kappa shape index (κ2) is 5.09. The molecule has 0 radical (unpaired) electrons. The minimum absolute atomic E-state index is 0.0933. The molecule has 2 aliphatic rings. The molecule has 0 heterocycles. The molecule has 2 unspecified atom stereocenters. The summed E-state index contributed by atoms with van der Waals surface area (Å²) in [6, 6.07) is 9.46. The molecule has 1 N–H and O–H groups in total. The normalized spacial score (nSPS) is 25.8. The average molecular weight is 292 g/mol. The lowest BCUT2D eigenvalue weighted by atomic mass is 10.3. The Morgan fingerprint density at radius 3 is 2.65 bits per heavy atom. The summed E-state index contributed by atoms with van der Waals surface area (Å²) in [5, 5.41) is 13.4. The molecule has 1 amide bonds. The van der Waals surface area contributed by atoms with Gasteiger partial charge in [-0.05, 0) is 25.0 Å². The van der Waals surface area contributed by atoms with E-state index in [1.807, 2.05) is 18.2 Å². The van der Waals surface area contributed by atoms with Gasteiger partial charge >= 0.3 is 0 Å². The molecule has 2 aliphatic carbocycles. The third-order valence-corrected chi connectivity index (χ3v) is 5.33. The van der Waals surface area contributed by atoms with Crippen LogP contribution in [-0.4, -0.2) is 28.2 Å². The molecule has 0 aromatic heterocycles. The van der Waals surface area contributed by atoms with Crippen molar-refractivity contribution in [3.8, 4) is 0 Å². The first-order valence-corrected chi connectivity index (χ1v) is 7.57. The molecule has 3 rings (SSSR count). The van der Waals surface area contributed by atoms with E-state index in [0.717, 1.165) is 12.8 Å². The number of thioether (sulfide) groups is 1. The Morgan fingerprint density at radius 1 is 1.40 bits per heavy atom. The van der Waals surface area contributed by atoms with Crippen molar-refractivity contribution in [3.63, 3.8) is 0 Å². The van der Waals surface area contributed by atoms with Crippen molar-refractivity contribution in [3.05, 3.63) is 40.4 Å². The van der Waals surface area contributed by atoms with Gasteiger partial charge in [-0.15, -0.1) is 11.8 Å². The standard InChI is InChI=1S/C14H16N2O3S/c17-13(11-8-12(11)16(18)19)15-9-14(6-7-14)20-10-4-2-1-3-5-10/h1-5,11-12H,6-9H2,(H,15,17). The molecule has 1 aromatic rings. The maximum absolute atomic E-state index is 11.8. The molecule has 0 aliphatic heterocycles. The van der Waals surface area contributed by atoms with E-state index in [-0.39, 0.29) is 15.6 Å². The lowest BCUT2D eigenvalue weighted by Crippen LogP contribution is -2.34. The number of carbonyl (C=O) groups is 1. The number of benzene rings is 1. The molecular weight excluding hydrogens is 276 g/mol. The van der Waals surface area contributed by atoms with Crippen molar-refractivity contribution in [2.75, 3.05) is 6.54 Å². The Labute approximate surface area is 121 Å². The van der Waals surface area contributed by atoms with Gasteiger partial charge in [0, 0.05) is 27.5 Å². The molecule has 2 fully saturated rings. The number of hydrogen-bond acceptors (Lipinski definition) is 4. The predicted octanol–water partition coefficient (Wildman–Crippen LogP) is 2.09. The number of nitro groups is 1. The molecular formula is C14H16N2O3S. The molecule has 0 bridgehead atoms.